The highest BCUT2D eigenvalue weighted by Crippen LogP contribution is 1.94. The molecular formula is C10H15N3O. The second-order valence-electron chi connectivity index (χ2n) is 3.69. The Bertz CT molecular complexity index is 306. The number of nitrogens with zero attached hydrogens (tertiary/aromatic N) is 2. The minimum absolute atomic E-state index is 0.210. The summed E-state index contributed by atoms with van der Waals surface area (Å²) in [5, 5.41) is 2.75. The zero-order chi connectivity index (χ0) is 10.6. The molecule has 1 aromatic heterocycles. The second kappa shape index (κ2) is 4.69. The summed E-state index contributed by atoms with van der Waals surface area (Å²) in [5.74, 6) is 0.458. The highest BCUT2D eigenvalue weighted by molar-refractivity contribution is 5.90. The summed E-state index contributed by atoms with van der Waals surface area (Å²) in [6.07, 6.45) is 3.27. The first-order valence-electron chi connectivity index (χ1n) is 4.66. The van der Waals surface area contributed by atoms with Crippen LogP contribution in [0.4, 0.5) is 0 Å². The zero-order valence-corrected chi connectivity index (χ0v) is 8.74. The first-order chi connectivity index (χ1) is 6.59. The van der Waals surface area contributed by atoms with E-state index in [1.54, 1.807) is 12.4 Å². The topological polar surface area (TPSA) is 54.9 Å². The normalized spacial score (nSPS) is 10.3. The van der Waals surface area contributed by atoms with Crippen molar-refractivity contribution in [3.05, 3.63) is 23.8 Å². The fourth-order valence-electron chi connectivity index (χ4n) is 0.886. The Balaban J connectivity index is 2.57. The Morgan fingerprint density at radius 1 is 1.43 bits per heavy atom. The molecule has 14 heavy (non-hydrogen) atoms. The van der Waals surface area contributed by atoms with Gasteiger partial charge in [0, 0.05) is 18.9 Å². The molecule has 1 amide bonds. The Morgan fingerprint density at radius 2 is 2.00 bits per heavy atom. The van der Waals surface area contributed by atoms with Crippen molar-refractivity contribution >= 4 is 5.91 Å². The number of carbonyl (C=O) groups is 1. The molecule has 1 rings (SSSR count). The largest absolute Gasteiger partial charge is 0.349 e. The quantitative estimate of drug-likeness (QED) is 0.784. The molecule has 1 N–H and O–H groups in total. The van der Waals surface area contributed by atoms with Gasteiger partial charge in [0.2, 0.25) is 5.82 Å². The van der Waals surface area contributed by atoms with E-state index < -0.39 is 0 Å². The van der Waals surface area contributed by atoms with Crippen molar-refractivity contribution in [2.75, 3.05) is 6.54 Å². The van der Waals surface area contributed by atoms with Crippen LogP contribution in [0, 0.1) is 12.8 Å². The maximum atomic E-state index is 11.4. The fourth-order valence-corrected chi connectivity index (χ4v) is 0.886. The summed E-state index contributed by atoms with van der Waals surface area (Å²) in [6, 6.07) is 0. The summed E-state index contributed by atoms with van der Waals surface area (Å²) < 4.78 is 0. The summed E-state index contributed by atoms with van der Waals surface area (Å²) in [6.45, 7) is 6.61. The maximum absolute atomic E-state index is 11.4. The van der Waals surface area contributed by atoms with Crippen molar-refractivity contribution in [2.24, 2.45) is 5.92 Å². The molecule has 0 radical (unpaired) electrons. The van der Waals surface area contributed by atoms with Crippen LogP contribution in [0.15, 0.2) is 12.4 Å². The van der Waals surface area contributed by atoms with Crippen LogP contribution in [0.3, 0.4) is 0 Å². The number of rotatable bonds is 3. The van der Waals surface area contributed by atoms with Crippen molar-refractivity contribution in [3.63, 3.8) is 0 Å². The van der Waals surface area contributed by atoms with Gasteiger partial charge in [-0.1, -0.05) is 13.8 Å². The van der Waals surface area contributed by atoms with Crippen LogP contribution < -0.4 is 5.32 Å². The van der Waals surface area contributed by atoms with Gasteiger partial charge in [-0.3, -0.25) is 4.79 Å². The third-order valence-electron chi connectivity index (χ3n) is 1.65. The van der Waals surface area contributed by atoms with Crippen LogP contribution in [-0.4, -0.2) is 22.4 Å². The van der Waals surface area contributed by atoms with E-state index in [1.807, 2.05) is 20.8 Å². The molecule has 0 unspecified atom stereocenters. The zero-order valence-electron chi connectivity index (χ0n) is 8.74. The highest BCUT2D eigenvalue weighted by atomic mass is 16.2. The molecule has 0 aliphatic rings. The molecule has 0 saturated carbocycles. The first kappa shape index (κ1) is 10.6. The third kappa shape index (κ3) is 3.12. The lowest BCUT2D eigenvalue weighted by Gasteiger charge is -2.05. The van der Waals surface area contributed by atoms with Gasteiger partial charge in [0.1, 0.15) is 0 Å². The minimum Gasteiger partial charge on any atom is -0.349 e. The molecule has 76 valence electrons. The summed E-state index contributed by atoms with van der Waals surface area (Å²) in [7, 11) is 0. The minimum atomic E-state index is -0.210. The number of nitrogens with one attached hydrogen (secondary N) is 1. The SMILES string of the molecule is Cc1cnc(C(=O)NCC(C)C)nc1. The van der Waals surface area contributed by atoms with Gasteiger partial charge in [0.05, 0.1) is 0 Å². The van der Waals surface area contributed by atoms with Crippen LogP contribution in [0.1, 0.15) is 30.0 Å². The smallest absolute Gasteiger partial charge is 0.289 e. The molecule has 0 atom stereocenters. The van der Waals surface area contributed by atoms with Crippen LogP contribution in [0.2, 0.25) is 0 Å². The Hall–Kier alpha value is -1.45. The van der Waals surface area contributed by atoms with Crippen molar-refractivity contribution in [2.45, 2.75) is 20.8 Å². The predicted molar refractivity (Wildman–Crippen MR) is 53.9 cm³/mol. The van der Waals surface area contributed by atoms with Crippen LogP contribution in [0.5, 0.6) is 0 Å². The molecule has 4 heteroatoms. The Kier molecular flexibility index (Phi) is 3.56. The number of hydrogen-bond donors (Lipinski definition) is 1. The third-order valence-corrected chi connectivity index (χ3v) is 1.65. The number of amides is 1. The molecule has 0 aromatic carbocycles. The lowest BCUT2D eigenvalue weighted by Crippen LogP contribution is -2.28. The lowest BCUT2D eigenvalue weighted by atomic mass is 10.2. The molecule has 0 bridgehead atoms. The monoisotopic (exact) mass is 193 g/mol. The van der Waals surface area contributed by atoms with Crippen LogP contribution >= 0.6 is 0 Å². The van der Waals surface area contributed by atoms with Gasteiger partial charge in [-0.2, -0.15) is 0 Å². The average Bonchev–Trinajstić information content (AvgIpc) is 2.15. The van der Waals surface area contributed by atoms with E-state index >= 15 is 0 Å². The lowest BCUT2D eigenvalue weighted by molar-refractivity contribution is 0.0938. The van der Waals surface area contributed by atoms with Crippen molar-refractivity contribution < 1.29 is 4.79 Å². The molecule has 1 heterocycles. The maximum Gasteiger partial charge on any atom is 0.289 e. The van der Waals surface area contributed by atoms with E-state index in [9.17, 15) is 4.79 Å². The fraction of sp³-hybridized carbons (Fsp3) is 0.500. The summed E-state index contributed by atoms with van der Waals surface area (Å²) in [5.41, 5.74) is 0.949. The van der Waals surface area contributed by atoms with Crippen molar-refractivity contribution in [1.82, 2.24) is 15.3 Å². The van der Waals surface area contributed by atoms with Crippen LogP contribution in [0.25, 0.3) is 0 Å². The molecule has 0 saturated heterocycles. The molecule has 4 nitrogen and oxygen atoms in total. The van der Waals surface area contributed by atoms with E-state index in [2.05, 4.69) is 15.3 Å². The molecule has 0 aliphatic heterocycles. The van der Waals surface area contributed by atoms with Gasteiger partial charge in [0.15, 0.2) is 0 Å². The van der Waals surface area contributed by atoms with Gasteiger partial charge in [-0.15, -0.1) is 0 Å². The number of carbonyl (C=O) groups excluding carboxylic acids is 1. The van der Waals surface area contributed by atoms with E-state index in [1.165, 1.54) is 0 Å². The van der Waals surface area contributed by atoms with E-state index in [0.717, 1.165) is 5.56 Å². The Morgan fingerprint density at radius 3 is 2.50 bits per heavy atom. The van der Waals surface area contributed by atoms with Gasteiger partial charge in [-0.25, -0.2) is 9.97 Å². The summed E-state index contributed by atoms with van der Waals surface area (Å²) >= 11 is 0. The Labute approximate surface area is 83.8 Å². The van der Waals surface area contributed by atoms with Crippen molar-refractivity contribution in [1.29, 1.82) is 0 Å². The molecule has 0 spiro atoms. The van der Waals surface area contributed by atoms with E-state index in [0.29, 0.717) is 12.5 Å². The first-order valence-corrected chi connectivity index (χ1v) is 4.66. The van der Waals surface area contributed by atoms with Crippen LogP contribution in [-0.2, 0) is 0 Å². The van der Waals surface area contributed by atoms with Gasteiger partial charge < -0.3 is 5.32 Å². The molecular weight excluding hydrogens is 178 g/mol. The van der Waals surface area contributed by atoms with Gasteiger partial charge in [-0.05, 0) is 18.4 Å². The summed E-state index contributed by atoms with van der Waals surface area (Å²) in [4.78, 5) is 19.3. The van der Waals surface area contributed by atoms with E-state index in [4.69, 9.17) is 0 Å². The van der Waals surface area contributed by atoms with Gasteiger partial charge in [0.25, 0.3) is 5.91 Å². The standard InChI is InChI=1S/C10H15N3O/c1-7(2)4-13-10(14)9-11-5-8(3)6-12-9/h5-7H,4H2,1-3H3,(H,13,14). The molecule has 1 aromatic rings. The van der Waals surface area contributed by atoms with E-state index in [-0.39, 0.29) is 11.7 Å². The molecule has 0 fully saturated rings. The number of hydrogen-bond acceptors (Lipinski definition) is 3. The number of aromatic nitrogens is 2. The predicted octanol–water partition coefficient (Wildman–Crippen LogP) is 1.17. The average molecular weight is 193 g/mol. The number of aryl methyl sites for hydroxylation is 1. The second-order valence-corrected chi connectivity index (χ2v) is 3.69. The van der Waals surface area contributed by atoms with Crippen molar-refractivity contribution in [3.8, 4) is 0 Å². The highest BCUT2D eigenvalue weighted by Gasteiger charge is 2.07. The van der Waals surface area contributed by atoms with Gasteiger partial charge >= 0.3 is 0 Å². The molecule has 0 aliphatic carbocycles.